The number of nitrogens with one attached hydrogen (secondary N) is 2. The first-order valence-electron chi connectivity index (χ1n) is 6.83. The highest BCUT2D eigenvalue weighted by Gasteiger charge is 2.49. The zero-order valence-corrected chi connectivity index (χ0v) is 13.4. The van der Waals surface area contributed by atoms with E-state index in [-0.39, 0.29) is 31.0 Å². The van der Waals surface area contributed by atoms with Crippen LogP contribution in [-0.4, -0.2) is 43.3 Å². The fraction of sp³-hybridized carbons (Fsp3) is 0.385. The second kappa shape index (κ2) is 5.43. The molecule has 0 aliphatic carbocycles. The van der Waals surface area contributed by atoms with Gasteiger partial charge in [0.2, 0.25) is 10.0 Å². The number of halogens is 2. The van der Waals surface area contributed by atoms with Gasteiger partial charge in [0.1, 0.15) is 16.3 Å². The highest BCUT2D eigenvalue weighted by molar-refractivity contribution is 7.89. The van der Waals surface area contributed by atoms with E-state index in [9.17, 15) is 22.4 Å². The predicted molar refractivity (Wildman–Crippen MR) is 78.8 cm³/mol. The molecule has 2 aliphatic rings. The first-order chi connectivity index (χ1) is 10.7. The summed E-state index contributed by atoms with van der Waals surface area (Å²) in [5.74, 6) is -1.39. The average molecular weight is 362 g/mol. The fourth-order valence-electron chi connectivity index (χ4n) is 2.81. The maximum Gasteiger partial charge on any atom is 0.322 e. The van der Waals surface area contributed by atoms with Crippen molar-refractivity contribution in [1.29, 1.82) is 0 Å². The quantitative estimate of drug-likeness (QED) is 0.763. The SMILES string of the molecule is O=C1NC(=O)C2(CCN(S(=O)(=O)c3ccc(Cl)cc3F)CC2)N1. The van der Waals surface area contributed by atoms with Gasteiger partial charge in [-0.25, -0.2) is 17.6 Å². The Labute approximate surface area is 136 Å². The number of carbonyl (C=O) groups excluding carboxylic acids is 2. The number of urea groups is 1. The molecule has 1 aromatic carbocycles. The minimum Gasteiger partial charge on any atom is -0.323 e. The summed E-state index contributed by atoms with van der Waals surface area (Å²) in [5, 5.41) is 4.78. The molecule has 1 aromatic rings. The molecule has 0 unspecified atom stereocenters. The summed E-state index contributed by atoms with van der Waals surface area (Å²) < 4.78 is 40.0. The van der Waals surface area contributed by atoms with Crippen LogP contribution in [0.1, 0.15) is 12.8 Å². The van der Waals surface area contributed by atoms with E-state index in [1.165, 1.54) is 6.07 Å². The van der Waals surface area contributed by atoms with Crippen LogP contribution in [0, 0.1) is 5.82 Å². The van der Waals surface area contributed by atoms with E-state index < -0.39 is 38.2 Å². The van der Waals surface area contributed by atoms with Crippen molar-refractivity contribution in [2.45, 2.75) is 23.3 Å². The highest BCUT2D eigenvalue weighted by Crippen LogP contribution is 2.30. The van der Waals surface area contributed by atoms with Crippen LogP contribution in [0.25, 0.3) is 0 Å². The molecule has 2 N–H and O–H groups in total. The number of piperidine rings is 1. The van der Waals surface area contributed by atoms with Gasteiger partial charge < -0.3 is 5.32 Å². The number of hydrogen-bond donors (Lipinski definition) is 2. The number of sulfonamides is 1. The summed E-state index contributed by atoms with van der Waals surface area (Å²) in [6.07, 6.45) is 0.248. The summed E-state index contributed by atoms with van der Waals surface area (Å²) >= 11 is 5.63. The van der Waals surface area contributed by atoms with Gasteiger partial charge in [0, 0.05) is 18.1 Å². The third-order valence-electron chi connectivity index (χ3n) is 4.10. The zero-order chi connectivity index (χ0) is 16.8. The van der Waals surface area contributed by atoms with Crippen molar-refractivity contribution >= 4 is 33.6 Å². The molecule has 3 amide bonds. The molecule has 0 saturated carbocycles. The monoisotopic (exact) mass is 361 g/mol. The van der Waals surface area contributed by atoms with Crippen LogP contribution >= 0.6 is 11.6 Å². The molecule has 0 atom stereocenters. The normalized spacial score (nSPS) is 21.3. The van der Waals surface area contributed by atoms with Gasteiger partial charge in [-0.15, -0.1) is 0 Å². The first-order valence-corrected chi connectivity index (χ1v) is 8.65. The third-order valence-corrected chi connectivity index (χ3v) is 6.27. The van der Waals surface area contributed by atoms with Gasteiger partial charge in [-0.05, 0) is 31.0 Å². The van der Waals surface area contributed by atoms with E-state index in [0.717, 1.165) is 16.4 Å². The van der Waals surface area contributed by atoms with Gasteiger partial charge in [0.05, 0.1) is 0 Å². The smallest absolute Gasteiger partial charge is 0.322 e. The van der Waals surface area contributed by atoms with Crippen LogP contribution in [0.15, 0.2) is 23.1 Å². The zero-order valence-electron chi connectivity index (χ0n) is 11.8. The highest BCUT2D eigenvalue weighted by atomic mass is 35.5. The minimum atomic E-state index is -4.03. The van der Waals surface area contributed by atoms with Crippen molar-refractivity contribution < 1.29 is 22.4 Å². The molecule has 1 spiro atoms. The van der Waals surface area contributed by atoms with Gasteiger partial charge in [-0.3, -0.25) is 10.1 Å². The van der Waals surface area contributed by atoms with Gasteiger partial charge >= 0.3 is 6.03 Å². The first kappa shape index (κ1) is 16.2. The van der Waals surface area contributed by atoms with E-state index in [4.69, 9.17) is 11.6 Å². The van der Waals surface area contributed by atoms with Crippen molar-refractivity contribution in [2.24, 2.45) is 0 Å². The molecule has 0 aromatic heterocycles. The number of carbonyl (C=O) groups is 2. The number of rotatable bonds is 2. The van der Waals surface area contributed by atoms with Crippen LogP contribution in [0.3, 0.4) is 0 Å². The Hall–Kier alpha value is -1.71. The summed E-state index contributed by atoms with van der Waals surface area (Å²) in [4.78, 5) is 22.6. The Morgan fingerprint density at radius 3 is 2.39 bits per heavy atom. The number of amides is 3. The summed E-state index contributed by atoms with van der Waals surface area (Å²) in [6, 6.07) is 2.76. The Morgan fingerprint density at radius 1 is 1.22 bits per heavy atom. The molecule has 2 fully saturated rings. The molecule has 7 nitrogen and oxygen atoms in total. The van der Waals surface area contributed by atoms with Crippen LogP contribution in [-0.2, 0) is 14.8 Å². The summed E-state index contributed by atoms with van der Waals surface area (Å²) in [7, 11) is -4.03. The number of nitrogens with zero attached hydrogens (tertiary/aromatic N) is 1. The van der Waals surface area contributed by atoms with Gasteiger partial charge in [-0.2, -0.15) is 4.31 Å². The minimum absolute atomic E-state index is 0.00189. The van der Waals surface area contributed by atoms with Crippen LogP contribution in [0.2, 0.25) is 5.02 Å². The van der Waals surface area contributed by atoms with Crippen molar-refractivity contribution in [3.8, 4) is 0 Å². The summed E-state index contributed by atoms with van der Waals surface area (Å²) in [6.45, 7) is -0.00377. The lowest BCUT2D eigenvalue weighted by atomic mass is 9.89. The van der Waals surface area contributed by atoms with Gasteiger partial charge in [0.15, 0.2) is 0 Å². The molecule has 10 heteroatoms. The van der Waals surface area contributed by atoms with Crippen molar-refractivity contribution in [1.82, 2.24) is 14.9 Å². The van der Waals surface area contributed by atoms with Crippen molar-refractivity contribution in [2.75, 3.05) is 13.1 Å². The molecular formula is C13H13ClFN3O4S. The largest absolute Gasteiger partial charge is 0.323 e. The van der Waals surface area contributed by atoms with E-state index in [1.54, 1.807) is 0 Å². The molecule has 2 aliphatic heterocycles. The maximum atomic E-state index is 13.9. The lowest BCUT2D eigenvalue weighted by Crippen LogP contribution is -2.55. The van der Waals surface area contributed by atoms with Crippen molar-refractivity contribution in [3.05, 3.63) is 29.0 Å². The Balaban J connectivity index is 1.82. The second-order valence-electron chi connectivity index (χ2n) is 5.47. The second-order valence-corrected chi connectivity index (χ2v) is 7.81. The Bertz CT molecular complexity index is 790. The molecule has 23 heavy (non-hydrogen) atoms. The van der Waals surface area contributed by atoms with Gasteiger partial charge in [-0.1, -0.05) is 11.6 Å². The number of hydrogen-bond acceptors (Lipinski definition) is 4. The molecule has 2 heterocycles. The van der Waals surface area contributed by atoms with E-state index in [1.807, 2.05) is 0 Å². The number of benzene rings is 1. The Morgan fingerprint density at radius 2 is 1.87 bits per heavy atom. The molecule has 3 rings (SSSR count). The summed E-state index contributed by atoms with van der Waals surface area (Å²) in [5.41, 5.74) is -1.08. The van der Waals surface area contributed by atoms with E-state index in [2.05, 4.69) is 10.6 Å². The van der Waals surface area contributed by atoms with E-state index in [0.29, 0.717) is 0 Å². The topological polar surface area (TPSA) is 95.6 Å². The lowest BCUT2D eigenvalue weighted by Gasteiger charge is -2.36. The molecule has 124 valence electrons. The average Bonchev–Trinajstić information content (AvgIpc) is 2.73. The van der Waals surface area contributed by atoms with Crippen LogP contribution in [0.4, 0.5) is 9.18 Å². The van der Waals surface area contributed by atoms with Crippen LogP contribution in [0.5, 0.6) is 0 Å². The fourth-order valence-corrected chi connectivity index (χ4v) is 4.46. The third kappa shape index (κ3) is 2.68. The molecule has 2 saturated heterocycles. The molecular weight excluding hydrogens is 349 g/mol. The standard InChI is InChI=1S/C13H13ClFN3O4S/c14-8-1-2-10(9(15)7-8)23(21,22)18-5-3-13(4-6-18)11(19)16-12(20)17-13/h1-2,7H,3-6H2,(H2,16,17,19,20). The maximum absolute atomic E-state index is 13.9. The number of imide groups is 1. The lowest BCUT2D eigenvalue weighted by molar-refractivity contribution is -0.125. The van der Waals surface area contributed by atoms with Gasteiger partial charge in [0.25, 0.3) is 5.91 Å². The predicted octanol–water partition coefficient (Wildman–Crippen LogP) is 0.842. The molecule has 0 radical (unpaired) electrons. The molecule has 0 bridgehead atoms. The van der Waals surface area contributed by atoms with Crippen molar-refractivity contribution in [3.63, 3.8) is 0 Å². The van der Waals surface area contributed by atoms with Crippen LogP contribution < -0.4 is 10.6 Å². The van der Waals surface area contributed by atoms with E-state index >= 15 is 0 Å². The Kier molecular flexibility index (Phi) is 3.81.